The fourth-order valence-corrected chi connectivity index (χ4v) is 2.61. The molecule has 0 bridgehead atoms. The first-order valence-corrected chi connectivity index (χ1v) is 7.57. The molecule has 1 aromatic carbocycles. The van der Waals surface area contributed by atoms with Crippen LogP contribution in [0.4, 0.5) is 0 Å². The monoisotopic (exact) mass is 298 g/mol. The molecule has 1 aromatic rings. The Labute approximate surface area is 120 Å². The van der Waals surface area contributed by atoms with Gasteiger partial charge >= 0.3 is 0 Å². The lowest BCUT2D eigenvalue weighted by molar-refractivity contribution is -0.165. The zero-order chi connectivity index (χ0) is 14.4. The van der Waals surface area contributed by atoms with E-state index in [1.165, 1.54) is 7.11 Å². The number of benzene rings is 1. The molecule has 1 heterocycles. The van der Waals surface area contributed by atoms with E-state index in [1.54, 1.807) is 0 Å². The highest BCUT2D eigenvalue weighted by Crippen LogP contribution is 2.28. The van der Waals surface area contributed by atoms with Gasteiger partial charge in [0.25, 0.3) is 0 Å². The SMILES string of the molecule is COC1O[C@H](CCP=O)[C@@H](O)[C@H]1OCc1ccccc1. The van der Waals surface area contributed by atoms with Crippen LogP contribution < -0.4 is 0 Å². The smallest absolute Gasteiger partial charge is 0.186 e. The topological polar surface area (TPSA) is 65.0 Å². The molecule has 0 radical (unpaired) electrons. The van der Waals surface area contributed by atoms with E-state index in [-0.39, 0.29) is 8.46 Å². The van der Waals surface area contributed by atoms with Crippen LogP contribution in [0.1, 0.15) is 12.0 Å². The van der Waals surface area contributed by atoms with Crippen LogP contribution in [0.2, 0.25) is 0 Å². The average Bonchev–Trinajstić information content (AvgIpc) is 2.80. The average molecular weight is 298 g/mol. The van der Waals surface area contributed by atoms with Gasteiger partial charge in [-0.05, 0) is 12.0 Å². The second-order valence-electron chi connectivity index (χ2n) is 4.67. The van der Waals surface area contributed by atoms with Gasteiger partial charge in [0.15, 0.2) is 14.8 Å². The van der Waals surface area contributed by atoms with Crippen LogP contribution in [0.5, 0.6) is 0 Å². The molecule has 0 saturated carbocycles. The van der Waals surface area contributed by atoms with E-state index in [0.29, 0.717) is 19.2 Å². The quantitative estimate of drug-likeness (QED) is 0.780. The van der Waals surface area contributed by atoms with E-state index in [0.717, 1.165) is 5.56 Å². The highest BCUT2D eigenvalue weighted by atomic mass is 31.1. The number of hydrogen-bond acceptors (Lipinski definition) is 5. The molecule has 0 amide bonds. The minimum atomic E-state index is -0.773. The number of methoxy groups -OCH3 is 1. The molecule has 0 spiro atoms. The fraction of sp³-hybridized carbons (Fsp3) is 0.571. The molecule has 1 aliphatic heterocycles. The van der Waals surface area contributed by atoms with Crippen molar-refractivity contribution in [1.82, 2.24) is 0 Å². The largest absolute Gasteiger partial charge is 0.387 e. The first kappa shape index (κ1) is 15.5. The zero-order valence-corrected chi connectivity index (χ0v) is 12.2. The molecule has 5 nitrogen and oxygen atoms in total. The Morgan fingerprint density at radius 3 is 2.75 bits per heavy atom. The van der Waals surface area contributed by atoms with Crippen LogP contribution in [0, 0.1) is 0 Å². The second-order valence-corrected chi connectivity index (χ2v) is 5.38. The standard InChI is InChI=1S/C14H19O5P/c1-17-14-13(12(15)11(19-14)7-8-20-16)18-9-10-5-3-2-4-6-10/h2-6,11-15H,7-9H2,1H3/t11-,12-,13-,14?/m1/s1. The van der Waals surface area contributed by atoms with Crippen LogP contribution >= 0.6 is 8.46 Å². The first-order valence-electron chi connectivity index (χ1n) is 6.57. The molecule has 1 unspecified atom stereocenters. The highest BCUT2D eigenvalue weighted by molar-refractivity contribution is 7.23. The summed E-state index contributed by atoms with van der Waals surface area (Å²) in [5.74, 6) is 0. The van der Waals surface area contributed by atoms with Gasteiger partial charge in [0.2, 0.25) is 0 Å². The summed E-state index contributed by atoms with van der Waals surface area (Å²) >= 11 is 0. The maximum absolute atomic E-state index is 10.5. The van der Waals surface area contributed by atoms with E-state index in [9.17, 15) is 9.67 Å². The summed E-state index contributed by atoms with van der Waals surface area (Å²) in [7, 11) is 1.57. The van der Waals surface area contributed by atoms with E-state index >= 15 is 0 Å². The normalized spacial score (nSPS) is 29.9. The highest BCUT2D eigenvalue weighted by Gasteiger charge is 2.44. The Balaban J connectivity index is 1.92. The lowest BCUT2D eigenvalue weighted by atomic mass is 10.1. The van der Waals surface area contributed by atoms with Crippen molar-refractivity contribution in [1.29, 1.82) is 0 Å². The van der Waals surface area contributed by atoms with Crippen LogP contribution in [-0.4, -0.2) is 43.0 Å². The van der Waals surface area contributed by atoms with Crippen molar-refractivity contribution in [2.75, 3.05) is 13.3 Å². The van der Waals surface area contributed by atoms with Gasteiger partial charge in [-0.25, -0.2) is 0 Å². The summed E-state index contributed by atoms with van der Waals surface area (Å²) in [5.41, 5.74) is 1.02. The van der Waals surface area contributed by atoms with E-state index in [4.69, 9.17) is 14.2 Å². The van der Waals surface area contributed by atoms with Gasteiger partial charge < -0.3 is 19.3 Å². The van der Waals surface area contributed by atoms with Gasteiger partial charge in [0.1, 0.15) is 12.2 Å². The van der Waals surface area contributed by atoms with Gasteiger partial charge in [-0.3, -0.25) is 4.57 Å². The summed E-state index contributed by atoms with van der Waals surface area (Å²) in [4.78, 5) is 0. The lowest BCUT2D eigenvalue weighted by Gasteiger charge is -2.19. The Kier molecular flexibility index (Phi) is 6.07. The molecule has 6 heteroatoms. The minimum Gasteiger partial charge on any atom is -0.387 e. The van der Waals surface area contributed by atoms with E-state index in [1.807, 2.05) is 30.3 Å². The summed E-state index contributed by atoms with van der Waals surface area (Å²) in [6.07, 6.45) is -1.34. The third-order valence-corrected chi connectivity index (χ3v) is 3.76. The van der Waals surface area contributed by atoms with Crippen LogP contribution in [-0.2, 0) is 25.4 Å². The molecule has 20 heavy (non-hydrogen) atoms. The fourth-order valence-electron chi connectivity index (χ4n) is 2.26. The summed E-state index contributed by atoms with van der Waals surface area (Å²) < 4.78 is 27.0. The van der Waals surface area contributed by atoms with Crippen molar-refractivity contribution in [3.8, 4) is 0 Å². The van der Waals surface area contributed by atoms with E-state index < -0.39 is 24.6 Å². The zero-order valence-electron chi connectivity index (χ0n) is 11.3. The summed E-state index contributed by atoms with van der Waals surface area (Å²) in [5, 5.41) is 10.2. The van der Waals surface area contributed by atoms with Crippen molar-refractivity contribution in [3.63, 3.8) is 0 Å². The molecule has 4 atom stereocenters. The minimum absolute atomic E-state index is 0.0514. The summed E-state index contributed by atoms with van der Waals surface area (Å²) in [6, 6.07) is 9.72. The van der Waals surface area contributed by atoms with Crippen LogP contribution in [0.3, 0.4) is 0 Å². The Bertz CT molecular complexity index is 413. The van der Waals surface area contributed by atoms with Gasteiger partial charge in [-0.2, -0.15) is 0 Å². The molecular weight excluding hydrogens is 279 g/mol. The van der Waals surface area contributed by atoms with Crippen LogP contribution in [0.25, 0.3) is 0 Å². The summed E-state index contributed by atoms with van der Waals surface area (Å²) in [6.45, 7) is 0.387. The van der Waals surface area contributed by atoms with Crippen molar-refractivity contribution < 1.29 is 23.9 Å². The lowest BCUT2D eigenvalue weighted by Crippen LogP contribution is -2.36. The third kappa shape index (κ3) is 3.84. The van der Waals surface area contributed by atoms with Gasteiger partial charge in [-0.1, -0.05) is 30.3 Å². The van der Waals surface area contributed by atoms with Crippen molar-refractivity contribution in [3.05, 3.63) is 35.9 Å². The molecule has 1 aliphatic rings. The number of hydrogen-bond donors (Lipinski definition) is 1. The molecule has 1 fully saturated rings. The molecule has 110 valence electrons. The number of aliphatic hydroxyl groups is 1. The molecular formula is C14H19O5P. The van der Waals surface area contributed by atoms with Gasteiger partial charge in [-0.15, -0.1) is 0 Å². The molecule has 1 N–H and O–H groups in total. The number of aliphatic hydroxyl groups excluding tert-OH is 1. The van der Waals surface area contributed by atoms with Gasteiger partial charge in [0.05, 0.1) is 12.7 Å². The predicted octanol–water partition coefficient (Wildman–Crippen LogP) is 1.99. The Morgan fingerprint density at radius 1 is 1.35 bits per heavy atom. The van der Waals surface area contributed by atoms with Crippen molar-refractivity contribution in [2.24, 2.45) is 0 Å². The van der Waals surface area contributed by atoms with Crippen LogP contribution in [0.15, 0.2) is 30.3 Å². The molecule has 2 rings (SSSR count). The Hall–Kier alpha value is -0.840. The van der Waals surface area contributed by atoms with Crippen molar-refractivity contribution >= 4 is 8.46 Å². The van der Waals surface area contributed by atoms with E-state index in [2.05, 4.69) is 0 Å². The number of ether oxygens (including phenoxy) is 3. The molecule has 1 saturated heterocycles. The Morgan fingerprint density at radius 2 is 2.10 bits per heavy atom. The molecule has 0 aromatic heterocycles. The first-order chi connectivity index (χ1) is 9.76. The predicted molar refractivity (Wildman–Crippen MR) is 73.8 cm³/mol. The third-order valence-electron chi connectivity index (χ3n) is 3.32. The van der Waals surface area contributed by atoms with Gasteiger partial charge in [0, 0.05) is 13.3 Å². The maximum atomic E-state index is 10.5. The van der Waals surface area contributed by atoms with Crippen molar-refractivity contribution in [2.45, 2.75) is 37.6 Å². The number of rotatable bonds is 7. The maximum Gasteiger partial charge on any atom is 0.186 e. The second kappa shape index (κ2) is 7.81. The molecule has 0 aliphatic carbocycles.